The highest BCUT2D eigenvalue weighted by Gasteiger charge is 2.00. The molecule has 0 saturated carbocycles. The first-order chi connectivity index (χ1) is 7.73. The number of methoxy groups -OCH3 is 2. The van der Waals surface area contributed by atoms with Crippen LogP contribution >= 0.6 is 0 Å². The van der Waals surface area contributed by atoms with Crippen LogP contribution in [0.4, 0.5) is 0 Å². The van der Waals surface area contributed by atoms with Crippen LogP contribution in [0.25, 0.3) is 6.08 Å². The second-order valence-electron chi connectivity index (χ2n) is 3.51. The SMILES string of the molecule is CCC(=Cc1cc(OC)cc(OC)c1)CN. The van der Waals surface area contributed by atoms with Gasteiger partial charge in [-0.1, -0.05) is 18.6 Å². The van der Waals surface area contributed by atoms with Crippen LogP contribution in [-0.2, 0) is 0 Å². The molecule has 0 atom stereocenters. The molecular weight excluding hydrogens is 202 g/mol. The first kappa shape index (κ1) is 12.6. The van der Waals surface area contributed by atoms with Gasteiger partial charge in [0.15, 0.2) is 0 Å². The molecule has 0 aliphatic rings. The molecule has 0 unspecified atom stereocenters. The molecule has 0 bridgehead atoms. The second kappa shape index (κ2) is 6.18. The number of rotatable bonds is 5. The molecule has 3 nitrogen and oxygen atoms in total. The Labute approximate surface area is 96.9 Å². The Morgan fingerprint density at radius 2 is 1.75 bits per heavy atom. The molecule has 2 N–H and O–H groups in total. The maximum absolute atomic E-state index is 5.64. The van der Waals surface area contributed by atoms with E-state index < -0.39 is 0 Å². The van der Waals surface area contributed by atoms with Crippen molar-refractivity contribution in [2.45, 2.75) is 13.3 Å². The van der Waals surface area contributed by atoms with Crippen LogP contribution in [0.1, 0.15) is 18.9 Å². The van der Waals surface area contributed by atoms with E-state index in [0.717, 1.165) is 23.5 Å². The maximum atomic E-state index is 5.64. The van der Waals surface area contributed by atoms with Gasteiger partial charge in [-0.05, 0) is 24.1 Å². The average molecular weight is 221 g/mol. The zero-order valence-electron chi connectivity index (χ0n) is 10.1. The summed E-state index contributed by atoms with van der Waals surface area (Å²) in [7, 11) is 3.29. The normalized spacial score (nSPS) is 11.4. The Morgan fingerprint density at radius 3 is 2.12 bits per heavy atom. The van der Waals surface area contributed by atoms with Crippen molar-refractivity contribution in [2.24, 2.45) is 5.73 Å². The van der Waals surface area contributed by atoms with E-state index in [-0.39, 0.29) is 0 Å². The van der Waals surface area contributed by atoms with Gasteiger partial charge in [0.05, 0.1) is 14.2 Å². The van der Waals surface area contributed by atoms with Crippen molar-refractivity contribution in [2.75, 3.05) is 20.8 Å². The Bertz CT molecular complexity index is 344. The number of hydrogen-bond donors (Lipinski definition) is 1. The molecule has 1 aromatic carbocycles. The first-order valence-corrected chi connectivity index (χ1v) is 5.36. The molecule has 1 aromatic rings. The molecule has 16 heavy (non-hydrogen) atoms. The van der Waals surface area contributed by atoms with E-state index in [4.69, 9.17) is 15.2 Å². The lowest BCUT2D eigenvalue weighted by Crippen LogP contribution is -2.01. The van der Waals surface area contributed by atoms with Crippen LogP contribution in [0.2, 0.25) is 0 Å². The molecule has 1 rings (SSSR count). The van der Waals surface area contributed by atoms with Crippen LogP contribution in [0.5, 0.6) is 11.5 Å². The van der Waals surface area contributed by atoms with Gasteiger partial charge in [-0.15, -0.1) is 0 Å². The van der Waals surface area contributed by atoms with Gasteiger partial charge in [-0.2, -0.15) is 0 Å². The Hall–Kier alpha value is -1.48. The molecule has 0 heterocycles. The lowest BCUT2D eigenvalue weighted by molar-refractivity contribution is 0.394. The van der Waals surface area contributed by atoms with Crippen LogP contribution in [-0.4, -0.2) is 20.8 Å². The summed E-state index contributed by atoms with van der Waals surface area (Å²) in [6.45, 7) is 2.67. The summed E-state index contributed by atoms with van der Waals surface area (Å²) in [5.41, 5.74) is 7.90. The number of nitrogens with two attached hydrogens (primary N) is 1. The van der Waals surface area contributed by atoms with Gasteiger partial charge in [0.2, 0.25) is 0 Å². The third kappa shape index (κ3) is 3.28. The molecule has 0 saturated heterocycles. The third-order valence-corrected chi connectivity index (χ3v) is 2.46. The molecule has 0 amide bonds. The predicted octanol–water partition coefficient (Wildman–Crippen LogP) is 2.46. The van der Waals surface area contributed by atoms with Gasteiger partial charge in [0.1, 0.15) is 11.5 Å². The first-order valence-electron chi connectivity index (χ1n) is 5.36. The quantitative estimate of drug-likeness (QED) is 0.830. The van der Waals surface area contributed by atoms with Crippen LogP contribution < -0.4 is 15.2 Å². The summed E-state index contributed by atoms with van der Waals surface area (Å²) in [6.07, 6.45) is 3.03. The highest BCUT2D eigenvalue weighted by Crippen LogP contribution is 2.24. The van der Waals surface area contributed by atoms with Crippen LogP contribution in [0.3, 0.4) is 0 Å². The van der Waals surface area contributed by atoms with Crippen LogP contribution in [0.15, 0.2) is 23.8 Å². The van der Waals surface area contributed by atoms with E-state index in [9.17, 15) is 0 Å². The maximum Gasteiger partial charge on any atom is 0.123 e. The lowest BCUT2D eigenvalue weighted by atomic mass is 10.1. The van der Waals surface area contributed by atoms with Crippen molar-refractivity contribution < 1.29 is 9.47 Å². The topological polar surface area (TPSA) is 44.5 Å². The molecule has 88 valence electrons. The lowest BCUT2D eigenvalue weighted by Gasteiger charge is -2.07. The summed E-state index contributed by atoms with van der Waals surface area (Å²) in [5.74, 6) is 1.58. The largest absolute Gasteiger partial charge is 0.497 e. The standard InChI is InChI=1S/C13H19NO2/c1-4-10(9-14)5-11-6-12(15-2)8-13(7-11)16-3/h5-8H,4,9,14H2,1-3H3. The van der Waals surface area contributed by atoms with E-state index >= 15 is 0 Å². The number of hydrogen-bond acceptors (Lipinski definition) is 3. The molecule has 0 fully saturated rings. The van der Waals surface area contributed by atoms with Gasteiger partial charge in [0.25, 0.3) is 0 Å². The zero-order chi connectivity index (χ0) is 12.0. The average Bonchev–Trinajstić information content (AvgIpc) is 2.35. The minimum absolute atomic E-state index is 0.579. The van der Waals surface area contributed by atoms with Crippen molar-refractivity contribution in [1.82, 2.24) is 0 Å². The minimum atomic E-state index is 0.579. The van der Waals surface area contributed by atoms with Gasteiger partial charge < -0.3 is 15.2 Å². The Morgan fingerprint density at radius 1 is 1.19 bits per heavy atom. The fraction of sp³-hybridized carbons (Fsp3) is 0.385. The molecule has 0 aliphatic carbocycles. The fourth-order valence-electron chi connectivity index (χ4n) is 1.45. The fourth-order valence-corrected chi connectivity index (χ4v) is 1.45. The molecular formula is C13H19NO2. The molecule has 0 aliphatic heterocycles. The molecule has 0 radical (unpaired) electrons. The zero-order valence-corrected chi connectivity index (χ0v) is 10.1. The summed E-state index contributed by atoms with van der Waals surface area (Å²) in [5, 5.41) is 0. The van der Waals surface area contributed by atoms with Crippen molar-refractivity contribution in [3.05, 3.63) is 29.3 Å². The number of benzene rings is 1. The van der Waals surface area contributed by atoms with Crippen molar-refractivity contribution >= 4 is 6.08 Å². The molecule has 0 aromatic heterocycles. The van der Waals surface area contributed by atoms with E-state index in [2.05, 4.69) is 13.0 Å². The van der Waals surface area contributed by atoms with Gasteiger partial charge in [-0.25, -0.2) is 0 Å². The summed E-state index contributed by atoms with van der Waals surface area (Å²) in [6, 6.07) is 5.78. The minimum Gasteiger partial charge on any atom is -0.497 e. The predicted molar refractivity (Wildman–Crippen MR) is 66.9 cm³/mol. The van der Waals surface area contributed by atoms with E-state index in [1.165, 1.54) is 5.57 Å². The van der Waals surface area contributed by atoms with Gasteiger partial charge >= 0.3 is 0 Å². The van der Waals surface area contributed by atoms with Gasteiger partial charge in [0, 0.05) is 12.6 Å². The van der Waals surface area contributed by atoms with Crippen molar-refractivity contribution in [3.8, 4) is 11.5 Å². The summed E-state index contributed by atoms with van der Waals surface area (Å²) >= 11 is 0. The highest BCUT2D eigenvalue weighted by molar-refractivity contribution is 5.58. The molecule has 3 heteroatoms. The monoisotopic (exact) mass is 221 g/mol. The summed E-state index contributed by atoms with van der Waals surface area (Å²) in [4.78, 5) is 0. The highest BCUT2D eigenvalue weighted by atomic mass is 16.5. The van der Waals surface area contributed by atoms with E-state index in [0.29, 0.717) is 6.54 Å². The number of ether oxygens (including phenoxy) is 2. The smallest absolute Gasteiger partial charge is 0.123 e. The summed E-state index contributed by atoms with van der Waals surface area (Å²) < 4.78 is 10.4. The van der Waals surface area contributed by atoms with E-state index in [1.807, 2.05) is 18.2 Å². The van der Waals surface area contributed by atoms with Crippen molar-refractivity contribution in [3.63, 3.8) is 0 Å². The Kier molecular flexibility index (Phi) is 4.86. The second-order valence-corrected chi connectivity index (χ2v) is 3.51. The van der Waals surface area contributed by atoms with E-state index in [1.54, 1.807) is 14.2 Å². The van der Waals surface area contributed by atoms with Gasteiger partial charge in [-0.3, -0.25) is 0 Å². The van der Waals surface area contributed by atoms with Crippen LogP contribution in [0, 0.1) is 0 Å². The Balaban J connectivity index is 3.07. The van der Waals surface area contributed by atoms with Crippen molar-refractivity contribution in [1.29, 1.82) is 0 Å². The third-order valence-electron chi connectivity index (χ3n) is 2.46. The molecule has 0 spiro atoms.